The summed E-state index contributed by atoms with van der Waals surface area (Å²) >= 11 is 3.09. The van der Waals surface area contributed by atoms with E-state index in [4.69, 9.17) is 0 Å². The second kappa shape index (κ2) is 5.44. The van der Waals surface area contributed by atoms with Crippen molar-refractivity contribution < 1.29 is 18.0 Å². The molecule has 0 bridgehead atoms. The minimum absolute atomic E-state index is 0.0173. The molecule has 0 aliphatic rings. The summed E-state index contributed by atoms with van der Waals surface area (Å²) in [5.41, 5.74) is -0.161. The van der Waals surface area contributed by atoms with Crippen LogP contribution in [0.3, 0.4) is 0 Å². The first kappa shape index (κ1) is 13.6. The van der Waals surface area contributed by atoms with Gasteiger partial charge in [0.05, 0.1) is 11.3 Å². The molecule has 19 heavy (non-hydrogen) atoms. The van der Waals surface area contributed by atoms with Crippen molar-refractivity contribution >= 4 is 27.5 Å². The van der Waals surface area contributed by atoms with Crippen LogP contribution >= 0.6 is 15.9 Å². The van der Waals surface area contributed by atoms with Crippen LogP contribution in [-0.2, 0) is 0 Å². The number of halogens is 4. The minimum Gasteiger partial charge on any atom is -0.319 e. The van der Waals surface area contributed by atoms with Crippen molar-refractivity contribution in [3.8, 4) is 0 Å². The van der Waals surface area contributed by atoms with Crippen LogP contribution in [0, 0.1) is 17.5 Å². The van der Waals surface area contributed by atoms with Crippen LogP contribution in [0.5, 0.6) is 0 Å². The Bertz CT molecular complexity index is 646. The number of amides is 1. The lowest BCUT2D eigenvalue weighted by atomic mass is 10.2. The van der Waals surface area contributed by atoms with Crippen LogP contribution in [0.25, 0.3) is 0 Å². The maximum absolute atomic E-state index is 13.4. The van der Waals surface area contributed by atoms with E-state index >= 15 is 0 Å². The standard InChI is InChI=1S/C13H7BrF3NO/c14-10-3-1-7(15)5-9(10)13(19)18-12-4-2-8(16)6-11(12)17/h1-6H,(H,18,19). The molecule has 2 aromatic rings. The van der Waals surface area contributed by atoms with Gasteiger partial charge in [0.15, 0.2) is 0 Å². The van der Waals surface area contributed by atoms with E-state index in [0.29, 0.717) is 10.5 Å². The lowest BCUT2D eigenvalue weighted by Crippen LogP contribution is -2.14. The van der Waals surface area contributed by atoms with Crippen molar-refractivity contribution in [2.45, 2.75) is 0 Å². The Morgan fingerprint density at radius 2 is 1.63 bits per heavy atom. The zero-order chi connectivity index (χ0) is 14.0. The van der Waals surface area contributed by atoms with Crippen LogP contribution in [0.1, 0.15) is 10.4 Å². The van der Waals surface area contributed by atoms with E-state index in [2.05, 4.69) is 21.2 Å². The normalized spacial score (nSPS) is 10.3. The third-order valence-electron chi connectivity index (χ3n) is 2.35. The molecule has 0 saturated carbocycles. The van der Waals surface area contributed by atoms with Crippen molar-refractivity contribution in [2.75, 3.05) is 5.32 Å². The molecule has 2 rings (SSSR count). The highest BCUT2D eigenvalue weighted by molar-refractivity contribution is 9.10. The molecule has 2 aromatic carbocycles. The molecule has 0 aliphatic heterocycles. The average Bonchev–Trinajstić information content (AvgIpc) is 2.35. The van der Waals surface area contributed by atoms with Gasteiger partial charge in [0.25, 0.3) is 5.91 Å². The van der Waals surface area contributed by atoms with E-state index in [0.717, 1.165) is 18.2 Å². The third-order valence-corrected chi connectivity index (χ3v) is 3.04. The van der Waals surface area contributed by atoms with Gasteiger partial charge in [-0.15, -0.1) is 0 Å². The van der Waals surface area contributed by atoms with Crippen LogP contribution < -0.4 is 5.32 Å². The van der Waals surface area contributed by atoms with Crippen molar-refractivity contribution in [1.29, 1.82) is 0 Å². The molecule has 0 saturated heterocycles. The van der Waals surface area contributed by atoms with Gasteiger partial charge in [0.2, 0.25) is 0 Å². The first-order valence-corrected chi connectivity index (χ1v) is 5.98. The number of benzene rings is 2. The van der Waals surface area contributed by atoms with E-state index in [9.17, 15) is 18.0 Å². The second-order valence-electron chi connectivity index (χ2n) is 3.70. The van der Waals surface area contributed by atoms with Crippen LogP contribution in [0.15, 0.2) is 40.9 Å². The highest BCUT2D eigenvalue weighted by Gasteiger charge is 2.13. The van der Waals surface area contributed by atoms with Crippen molar-refractivity contribution in [1.82, 2.24) is 0 Å². The molecule has 0 atom stereocenters. The number of hydrogen-bond donors (Lipinski definition) is 1. The Morgan fingerprint density at radius 3 is 2.32 bits per heavy atom. The fourth-order valence-electron chi connectivity index (χ4n) is 1.45. The lowest BCUT2D eigenvalue weighted by Gasteiger charge is -2.08. The zero-order valence-corrected chi connectivity index (χ0v) is 11.0. The van der Waals surface area contributed by atoms with Gasteiger partial charge in [-0.25, -0.2) is 13.2 Å². The molecule has 0 spiro atoms. The predicted molar refractivity (Wildman–Crippen MR) is 68.4 cm³/mol. The van der Waals surface area contributed by atoms with E-state index in [1.807, 2.05) is 0 Å². The SMILES string of the molecule is O=C(Nc1ccc(F)cc1F)c1cc(F)ccc1Br. The zero-order valence-electron chi connectivity index (χ0n) is 9.38. The van der Waals surface area contributed by atoms with Gasteiger partial charge in [0.1, 0.15) is 17.5 Å². The van der Waals surface area contributed by atoms with E-state index < -0.39 is 23.4 Å². The van der Waals surface area contributed by atoms with Crippen LogP contribution in [-0.4, -0.2) is 5.91 Å². The van der Waals surface area contributed by atoms with Gasteiger partial charge in [-0.1, -0.05) is 0 Å². The first-order valence-electron chi connectivity index (χ1n) is 5.19. The summed E-state index contributed by atoms with van der Waals surface area (Å²) < 4.78 is 39.5. The Labute approximate surface area is 115 Å². The van der Waals surface area contributed by atoms with Gasteiger partial charge in [-0.3, -0.25) is 4.79 Å². The lowest BCUT2D eigenvalue weighted by molar-refractivity contribution is 0.102. The Kier molecular flexibility index (Phi) is 3.90. The van der Waals surface area contributed by atoms with Crippen molar-refractivity contribution in [3.05, 3.63) is 63.9 Å². The maximum Gasteiger partial charge on any atom is 0.256 e. The number of hydrogen-bond acceptors (Lipinski definition) is 1. The van der Waals surface area contributed by atoms with Crippen LogP contribution in [0.2, 0.25) is 0 Å². The minimum atomic E-state index is -0.902. The molecule has 0 heterocycles. The molecular formula is C13H7BrF3NO. The molecule has 0 fully saturated rings. The molecule has 0 aromatic heterocycles. The number of carbonyl (C=O) groups excluding carboxylic acids is 1. The molecule has 0 aliphatic carbocycles. The molecule has 98 valence electrons. The highest BCUT2D eigenvalue weighted by atomic mass is 79.9. The topological polar surface area (TPSA) is 29.1 Å². The fraction of sp³-hybridized carbons (Fsp3) is 0. The smallest absolute Gasteiger partial charge is 0.256 e. The summed E-state index contributed by atoms with van der Waals surface area (Å²) in [6, 6.07) is 6.32. The molecule has 1 amide bonds. The molecule has 6 heteroatoms. The Balaban J connectivity index is 2.28. The number of carbonyl (C=O) groups is 1. The van der Waals surface area contributed by atoms with Gasteiger partial charge in [0, 0.05) is 10.5 Å². The molecule has 2 nitrogen and oxygen atoms in total. The Morgan fingerprint density at radius 1 is 1.00 bits per heavy atom. The van der Waals surface area contributed by atoms with Crippen LogP contribution in [0.4, 0.5) is 18.9 Å². The monoisotopic (exact) mass is 329 g/mol. The largest absolute Gasteiger partial charge is 0.319 e. The molecule has 1 N–H and O–H groups in total. The number of anilines is 1. The molecular weight excluding hydrogens is 323 g/mol. The summed E-state index contributed by atoms with van der Waals surface area (Å²) in [5, 5.41) is 2.24. The maximum atomic E-state index is 13.4. The summed E-state index contributed by atoms with van der Waals surface area (Å²) in [6.07, 6.45) is 0. The third kappa shape index (κ3) is 3.14. The van der Waals surface area contributed by atoms with E-state index in [1.165, 1.54) is 12.1 Å². The van der Waals surface area contributed by atoms with E-state index in [-0.39, 0.29) is 11.3 Å². The van der Waals surface area contributed by atoms with Gasteiger partial charge in [-0.2, -0.15) is 0 Å². The first-order chi connectivity index (χ1) is 8.97. The summed E-state index contributed by atoms with van der Waals surface area (Å²) in [6.45, 7) is 0. The number of nitrogens with one attached hydrogen (secondary N) is 1. The van der Waals surface area contributed by atoms with Crippen molar-refractivity contribution in [3.63, 3.8) is 0 Å². The molecule has 0 unspecified atom stereocenters. The van der Waals surface area contributed by atoms with Gasteiger partial charge < -0.3 is 5.32 Å². The number of rotatable bonds is 2. The summed E-state index contributed by atoms with van der Waals surface area (Å²) in [7, 11) is 0. The molecule has 0 radical (unpaired) electrons. The van der Waals surface area contributed by atoms with Gasteiger partial charge >= 0.3 is 0 Å². The summed E-state index contributed by atoms with van der Waals surface area (Å²) in [4.78, 5) is 11.9. The summed E-state index contributed by atoms with van der Waals surface area (Å²) in [5.74, 6) is -2.94. The highest BCUT2D eigenvalue weighted by Crippen LogP contribution is 2.21. The van der Waals surface area contributed by atoms with Crippen molar-refractivity contribution in [2.24, 2.45) is 0 Å². The average molecular weight is 330 g/mol. The predicted octanol–water partition coefficient (Wildman–Crippen LogP) is 4.12. The fourth-order valence-corrected chi connectivity index (χ4v) is 1.88. The van der Waals surface area contributed by atoms with Gasteiger partial charge in [-0.05, 0) is 46.3 Å². The Hall–Kier alpha value is -1.82. The quantitative estimate of drug-likeness (QED) is 0.882. The van der Waals surface area contributed by atoms with E-state index in [1.54, 1.807) is 0 Å². The second-order valence-corrected chi connectivity index (χ2v) is 4.56.